The van der Waals surface area contributed by atoms with Gasteiger partial charge in [0.05, 0.1) is 19.8 Å². The van der Waals surface area contributed by atoms with Crippen molar-refractivity contribution >= 4 is 7.82 Å². The first-order chi connectivity index (χ1) is 25.1. The highest BCUT2D eigenvalue weighted by Gasteiger charge is 2.89. The maximum atomic E-state index is 13.9. The molecule has 0 aromatic heterocycles. The van der Waals surface area contributed by atoms with Gasteiger partial charge in [-0.1, -0.05) is 0 Å². The SMILES string of the molecule is O=P(OCCC(F)(F)C(F)(F)C(F)(F)C(F)(F)C(F)(F)F)(OCCC(F)(F)C(F)(F)C(F)(F)C(F)(F)C(F)(F)F)OCCC(F)(F)C(F)(F)C(F)(F)C(F)(F)C(F)(F)F. The van der Waals surface area contributed by atoms with Crippen LogP contribution in [0.25, 0.3) is 0 Å². The van der Waals surface area contributed by atoms with E-state index in [1.165, 1.54) is 0 Å². The highest BCUT2D eigenvalue weighted by molar-refractivity contribution is 7.48. The molecular weight excluding hydrogens is 974 g/mol. The Morgan fingerprint density at radius 2 is 0.407 bits per heavy atom. The molecule has 0 unspecified atom stereocenters. The normalized spacial score (nSPS) is 16.6. The van der Waals surface area contributed by atoms with E-state index in [1.54, 1.807) is 0 Å². The Hall–Kier alpha value is -2.20. The van der Waals surface area contributed by atoms with Crippen LogP contribution in [0.15, 0.2) is 0 Å². The molecule has 0 radical (unpaired) electrons. The topological polar surface area (TPSA) is 44.8 Å². The molecule has 0 atom stereocenters. The number of rotatable bonds is 21. The van der Waals surface area contributed by atoms with Crippen molar-refractivity contribution in [3.05, 3.63) is 0 Å². The molecule has 0 bridgehead atoms. The van der Waals surface area contributed by atoms with Gasteiger partial charge >= 0.3 is 97.4 Å². The molecule has 0 aromatic rings. The van der Waals surface area contributed by atoms with E-state index < -0.39 is 137 Å². The summed E-state index contributed by atoms with van der Waals surface area (Å²) < 4.78 is 456. The molecular formula is C21H12F33O4P. The van der Waals surface area contributed by atoms with Crippen LogP contribution in [0.4, 0.5) is 145 Å². The van der Waals surface area contributed by atoms with Gasteiger partial charge in [0.1, 0.15) is 0 Å². The van der Waals surface area contributed by atoms with Gasteiger partial charge in [0.25, 0.3) is 0 Å². The Labute approximate surface area is 300 Å². The molecule has 59 heavy (non-hydrogen) atoms. The predicted molar refractivity (Wildman–Crippen MR) is 117 cm³/mol. The monoisotopic (exact) mass is 986 g/mol. The number of hydrogen-bond acceptors (Lipinski definition) is 4. The van der Waals surface area contributed by atoms with Crippen molar-refractivity contribution in [1.29, 1.82) is 0 Å². The molecule has 0 aliphatic heterocycles. The summed E-state index contributed by atoms with van der Waals surface area (Å²) in [6.07, 6.45) is -34.4. The number of phosphoric ester groups is 1. The minimum absolute atomic E-state index is 3.15. The van der Waals surface area contributed by atoms with Crippen molar-refractivity contribution in [2.75, 3.05) is 19.8 Å². The first-order valence-corrected chi connectivity index (χ1v) is 14.9. The van der Waals surface area contributed by atoms with Crippen molar-refractivity contribution in [2.24, 2.45) is 0 Å². The molecule has 0 saturated carbocycles. The molecule has 0 amide bonds. The van der Waals surface area contributed by atoms with E-state index in [-0.39, 0.29) is 0 Å². The van der Waals surface area contributed by atoms with Gasteiger partial charge in [0.15, 0.2) is 0 Å². The number of phosphoric acid groups is 1. The Balaban J connectivity index is 6.80. The average molecular weight is 986 g/mol. The van der Waals surface area contributed by atoms with Crippen LogP contribution < -0.4 is 0 Å². The van der Waals surface area contributed by atoms with Crippen LogP contribution in [-0.4, -0.2) is 109 Å². The van der Waals surface area contributed by atoms with Crippen LogP contribution in [0.1, 0.15) is 19.3 Å². The summed E-state index contributed by atoms with van der Waals surface area (Å²) in [5.74, 6) is -94.5. The van der Waals surface area contributed by atoms with E-state index in [9.17, 15) is 149 Å². The van der Waals surface area contributed by atoms with Gasteiger partial charge < -0.3 is 0 Å². The largest absolute Gasteiger partial charge is 0.474 e. The molecule has 0 fully saturated rings. The first kappa shape index (κ1) is 56.8. The van der Waals surface area contributed by atoms with Crippen LogP contribution in [-0.2, 0) is 18.1 Å². The molecule has 0 saturated heterocycles. The summed E-state index contributed by atoms with van der Waals surface area (Å²) in [5, 5.41) is 0. The summed E-state index contributed by atoms with van der Waals surface area (Å²) in [4.78, 5) is 0. The van der Waals surface area contributed by atoms with Crippen LogP contribution in [0.3, 0.4) is 0 Å². The van der Waals surface area contributed by atoms with Gasteiger partial charge in [-0.05, 0) is 0 Å². The molecule has 0 rings (SSSR count). The fourth-order valence-corrected chi connectivity index (χ4v) is 4.42. The van der Waals surface area contributed by atoms with Gasteiger partial charge in [-0.3, -0.25) is 13.6 Å². The van der Waals surface area contributed by atoms with Gasteiger partial charge in [0.2, 0.25) is 0 Å². The Bertz CT molecular complexity index is 1300. The van der Waals surface area contributed by atoms with Crippen molar-refractivity contribution in [3.63, 3.8) is 0 Å². The van der Waals surface area contributed by atoms with Crippen LogP contribution >= 0.6 is 7.82 Å². The first-order valence-electron chi connectivity index (χ1n) is 13.4. The van der Waals surface area contributed by atoms with E-state index in [1.807, 2.05) is 0 Å². The fourth-order valence-electron chi connectivity index (χ4n) is 3.25. The zero-order valence-corrected chi connectivity index (χ0v) is 27.2. The van der Waals surface area contributed by atoms with E-state index in [2.05, 4.69) is 13.6 Å². The molecule has 0 aromatic carbocycles. The Morgan fingerprint density at radius 1 is 0.254 bits per heavy atom. The third-order valence-electron chi connectivity index (χ3n) is 6.81. The molecule has 38 heteroatoms. The molecule has 0 spiro atoms. The molecule has 0 N–H and O–H groups in total. The molecule has 356 valence electrons. The summed E-state index contributed by atoms with van der Waals surface area (Å²) in [7, 11) is -7.22. The second kappa shape index (κ2) is 15.9. The second-order valence-corrected chi connectivity index (χ2v) is 12.6. The van der Waals surface area contributed by atoms with E-state index in [4.69, 9.17) is 0 Å². The summed E-state index contributed by atoms with van der Waals surface area (Å²) >= 11 is 0. The van der Waals surface area contributed by atoms with E-state index in [0.29, 0.717) is 0 Å². The maximum Gasteiger partial charge on any atom is 0.474 e. The van der Waals surface area contributed by atoms with Crippen LogP contribution in [0.2, 0.25) is 0 Å². The van der Waals surface area contributed by atoms with Crippen molar-refractivity contribution in [2.45, 2.75) is 109 Å². The third-order valence-corrected chi connectivity index (χ3v) is 8.30. The Morgan fingerprint density at radius 3 is 0.542 bits per heavy atom. The summed E-state index contributed by atoms with van der Waals surface area (Å²) in [6, 6.07) is 0. The minimum atomic E-state index is -8.25. The lowest BCUT2D eigenvalue weighted by atomic mass is 9.96. The maximum absolute atomic E-state index is 13.9. The zero-order valence-electron chi connectivity index (χ0n) is 26.3. The molecule has 0 heterocycles. The number of hydrogen-bond donors (Lipinski definition) is 0. The lowest BCUT2D eigenvalue weighted by Gasteiger charge is -2.37. The highest BCUT2D eigenvalue weighted by atomic mass is 31.2. The smallest absolute Gasteiger partial charge is 0.287 e. The number of halogens is 33. The number of alkyl halides is 33. The summed E-state index contributed by atoms with van der Waals surface area (Å²) in [5.41, 5.74) is 0. The van der Waals surface area contributed by atoms with Crippen molar-refractivity contribution in [1.82, 2.24) is 0 Å². The van der Waals surface area contributed by atoms with Gasteiger partial charge in [0, 0.05) is 19.3 Å². The average Bonchev–Trinajstić information content (AvgIpc) is 2.98. The highest BCUT2D eigenvalue weighted by Crippen LogP contribution is 2.62. The predicted octanol–water partition coefficient (Wildman–Crippen LogP) is 12.6. The standard InChI is InChI=1S/C21H12F33O4P/c22-7(23,10(28,29)13(34,35)16(40,41)19(46,47)48)1-4-56-59(55,57-5-2-8(24,25)11(30,31)14(36,37)17(42,43)20(49,50)51)58-6-3-9(26,27)12(32,33)15(38,39)18(44,45)21(52,53)54/h1-6H2. The lowest BCUT2D eigenvalue weighted by Crippen LogP contribution is -2.66. The second-order valence-electron chi connectivity index (χ2n) is 11.0. The molecule has 0 aliphatic carbocycles. The molecule has 4 nitrogen and oxygen atoms in total. The zero-order chi connectivity index (χ0) is 48.4. The van der Waals surface area contributed by atoms with Crippen LogP contribution in [0, 0.1) is 0 Å². The van der Waals surface area contributed by atoms with Crippen molar-refractivity contribution < 1.29 is 163 Å². The minimum Gasteiger partial charge on any atom is -0.287 e. The van der Waals surface area contributed by atoms with E-state index >= 15 is 0 Å². The van der Waals surface area contributed by atoms with Crippen LogP contribution in [0.5, 0.6) is 0 Å². The quantitative estimate of drug-likeness (QED) is 0.0849. The third kappa shape index (κ3) is 9.59. The lowest BCUT2D eigenvalue weighted by molar-refractivity contribution is -0.422. The Kier molecular flexibility index (Phi) is 15.3. The summed E-state index contributed by atoms with van der Waals surface area (Å²) in [6.45, 7) is -9.46. The van der Waals surface area contributed by atoms with Gasteiger partial charge in [-0.25, -0.2) is 4.57 Å². The molecule has 0 aliphatic rings. The van der Waals surface area contributed by atoms with E-state index in [0.717, 1.165) is 0 Å². The van der Waals surface area contributed by atoms with Crippen molar-refractivity contribution in [3.8, 4) is 0 Å². The van der Waals surface area contributed by atoms with Gasteiger partial charge in [-0.2, -0.15) is 145 Å². The van der Waals surface area contributed by atoms with Gasteiger partial charge in [-0.15, -0.1) is 0 Å². The fraction of sp³-hybridized carbons (Fsp3) is 1.00.